The van der Waals surface area contributed by atoms with E-state index in [4.69, 9.17) is 13.9 Å². The topological polar surface area (TPSA) is 65.1 Å². The SMILES string of the molecule is CC(=O)OCC[C@H](CO[Si](C)(C)C(C)(C)C)C1=C[C@H](C#C[Si](C)(C)C)N(C(=O)Oc2ccccc2)c2ccccc21. The monoisotopic (exact) mass is 591 g/mol. The minimum atomic E-state index is -2.06. The zero-order valence-electron chi connectivity index (χ0n) is 26.0. The molecule has 41 heavy (non-hydrogen) atoms. The molecule has 0 radical (unpaired) electrons. The summed E-state index contributed by atoms with van der Waals surface area (Å²) in [5.41, 5.74) is 6.18. The molecule has 0 bridgehead atoms. The van der Waals surface area contributed by atoms with Gasteiger partial charge in [0.05, 0.1) is 12.3 Å². The molecule has 220 valence electrons. The summed E-state index contributed by atoms with van der Waals surface area (Å²) >= 11 is 0. The summed E-state index contributed by atoms with van der Waals surface area (Å²) in [4.78, 5) is 27.0. The van der Waals surface area contributed by atoms with Gasteiger partial charge in [0.1, 0.15) is 19.9 Å². The average molecular weight is 592 g/mol. The Bertz CT molecular complexity index is 1310. The summed E-state index contributed by atoms with van der Waals surface area (Å²) in [6.07, 6.45) is 2.19. The number of anilines is 1. The second-order valence-electron chi connectivity index (χ2n) is 13.1. The van der Waals surface area contributed by atoms with E-state index in [-0.39, 0.29) is 23.5 Å². The zero-order chi connectivity index (χ0) is 30.4. The lowest BCUT2D eigenvalue weighted by molar-refractivity contribution is -0.141. The van der Waals surface area contributed by atoms with Gasteiger partial charge in [0, 0.05) is 25.0 Å². The van der Waals surface area contributed by atoms with Crippen LogP contribution in [0.4, 0.5) is 10.5 Å². The first-order valence-electron chi connectivity index (χ1n) is 14.3. The van der Waals surface area contributed by atoms with Crippen molar-refractivity contribution in [1.82, 2.24) is 0 Å². The molecule has 0 N–H and O–H groups in total. The third-order valence-electron chi connectivity index (χ3n) is 7.49. The van der Waals surface area contributed by atoms with Crippen molar-refractivity contribution in [3.8, 4) is 17.2 Å². The fraction of sp³-hybridized carbons (Fsp3) is 0.455. The number of ether oxygens (including phenoxy) is 2. The van der Waals surface area contributed by atoms with Crippen LogP contribution in [0, 0.1) is 17.4 Å². The molecule has 0 spiro atoms. The maximum absolute atomic E-state index is 13.7. The number of hydrogen-bond donors (Lipinski definition) is 0. The highest BCUT2D eigenvalue weighted by Gasteiger charge is 2.39. The van der Waals surface area contributed by atoms with Gasteiger partial charge in [-0.25, -0.2) is 4.79 Å². The highest BCUT2D eigenvalue weighted by atomic mass is 28.4. The average Bonchev–Trinajstić information content (AvgIpc) is 2.88. The van der Waals surface area contributed by atoms with Crippen LogP contribution in [0.5, 0.6) is 5.75 Å². The summed E-state index contributed by atoms with van der Waals surface area (Å²) in [6.45, 7) is 19.9. The van der Waals surface area contributed by atoms with Crippen LogP contribution in [0.3, 0.4) is 0 Å². The number of fused-ring (bicyclic) bond motifs is 1. The number of esters is 1. The van der Waals surface area contributed by atoms with Gasteiger partial charge in [0.25, 0.3) is 0 Å². The van der Waals surface area contributed by atoms with E-state index in [0.29, 0.717) is 18.8 Å². The van der Waals surface area contributed by atoms with Gasteiger partial charge >= 0.3 is 12.1 Å². The molecule has 1 aliphatic rings. The first-order chi connectivity index (χ1) is 19.1. The number of hydrogen-bond acceptors (Lipinski definition) is 5. The van der Waals surface area contributed by atoms with E-state index >= 15 is 0 Å². The Hall–Kier alpha value is -3.13. The Morgan fingerprint density at radius 2 is 1.61 bits per heavy atom. The van der Waals surface area contributed by atoms with Crippen molar-refractivity contribution < 1.29 is 23.5 Å². The van der Waals surface area contributed by atoms with Crippen molar-refractivity contribution in [2.75, 3.05) is 18.1 Å². The first kappa shape index (κ1) is 32.4. The fourth-order valence-corrected chi connectivity index (χ4v) is 5.85. The van der Waals surface area contributed by atoms with Crippen molar-refractivity contribution in [3.63, 3.8) is 0 Å². The van der Waals surface area contributed by atoms with E-state index in [0.717, 1.165) is 16.8 Å². The molecule has 0 saturated carbocycles. The van der Waals surface area contributed by atoms with Crippen molar-refractivity contribution in [2.24, 2.45) is 5.92 Å². The minimum absolute atomic E-state index is 0.0512. The smallest absolute Gasteiger partial charge is 0.421 e. The van der Waals surface area contributed by atoms with Gasteiger partial charge in [0.15, 0.2) is 8.32 Å². The van der Waals surface area contributed by atoms with E-state index < -0.39 is 28.5 Å². The Balaban J connectivity index is 2.09. The van der Waals surface area contributed by atoms with Crippen molar-refractivity contribution >= 4 is 39.7 Å². The molecule has 0 saturated heterocycles. The van der Waals surface area contributed by atoms with E-state index in [1.54, 1.807) is 17.0 Å². The molecule has 2 aromatic rings. The van der Waals surface area contributed by atoms with Crippen LogP contribution in [0.2, 0.25) is 37.8 Å². The van der Waals surface area contributed by atoms with E-state index in [1.165, 1.54) is 6.92 Å². The van der Waals surface area contributed by atoms with Crippen LogP contribution in [0.15, 0.2) is 60.7 Å². The molecule has 0 unspecified atom stereocenters. The quantitative estimate of drug-likeness (QED) is 0.177. The molecule has 1 amide bonds. The van der Waals surface area contributed by atoms with Crippen LogP contribution >= 0.6 is 0 Å². The Morgan fingerprint density at radius 1 is 0.976 bits per heavy atom. The van der Waals surface area contributed by atoms with Crippen LogP contribution in [-0.2, 0) is 14.0 Å². The molecule has 3 rings (SSSR count). The molecule has 0 fully saturated rings. The van der Waals surface area contributed by atoms with Gasteiger partial charge < -0.3 is 13.9 Å². The fourth-order valence-electron chi connectivity index (χ4n) is 4.21. The van der Waals surface area contributed by atoms with E-state index in [1.807, 2.05) is 42.5 Å². The molecule has 2 aromatic carbocycles. The highest BCUT2D eigenvalue weighted by molar-refractivity contribution is 6.83. The standard InChI is InChI=1S/C33H45NO5Si2/c1-25(35)37-21-19-26(24-38-41(8,9)33(2,3)4)30-23-27(20-22-40(5,6)7)34(31-18-14-13-17-29(30)31)32(36)39-28-15-11-10-12-16-28/h10-18,23,26-27H,19,21,24H2,1-9H3/t26-,27+/m1/s1. The van der Waals surface area contributed by atoms with E-state index in [2.05, 4.69) is 71.0 Å². The number of amides is 1. The molecule has 8 heteroatoms. The van der Waals surface area contributed by atoms with Crippen molar-refractivity contribution in [2.45, 2.75) is 77.9 Å². The molecule has 0 aromatic heterocycles. The third kappa shape index (κ3) is 8.93. The molecule has 6 nitrogen and oxygen atoms in total. The van der Waals surface area contributed by atoms with E-state index in [9.17, 15) is 9.59 Å². The summed E-state index contributed by atoms with van der Waals surface area (Å²) in [6, 6.07) is 16.4. The van der Waals surface area contributed by atoms with Gasteiger partial charge in [-0.1, -0.05) is 82.7 Å². The normalized spacial score (nSPS) is 16.1. The maximum Gasteiger partial charge on any atom is 0.421 e. The predicted molar refractivity (Wildman–Crippen MR) is 172 cm³/mol. The molecule has 2 atom stereocenters. The summed E-state index contributed by atoms with van der Waals surface area (Å²) in [5.74, 6) is 3.53. The van der Waals surface area contributed by atoms with Crippen LogP contribution in [0.1, 0.15) is 39.7 Å². The second kappa shape index (κ2) is 13.2. The zero-order valence-corrected chi connectivity index (χ0v) is 28.0. The first-order valence-corrected chi connectivity index (χ1v) is 20.7. The number of carbonyl (C=O) groups excluding carboxylic acids is 2. The molecule has 0 aliphatic carbocycles. The number of para-hydroxylation sites is 2. The van der Waals surface area contributed by atoms with Gasteiger partial charge in [-0.15, -0.1) is 5.54 Å². The maximum atomic E-state index is 13.7. The Kier molecular flexibility index (Phi) is 10.5. The number of rotatable bonds is 8. The number of nitrogens with zero attached hydrogens (tertiary/aromatic N) is 1. The van der Waals surface area contributed by atoms with Gasteiger partial charge in [-0.3, -0.25) is 9.69 Å². The predicted octanol–water partition coefficient (Wildman–Crippen LogP) is 7.93. The van der Waals surface area contributed by atoms with Crippen molar-refractivity contribution in [1.29, 1.82) is 0 Å². The Morgan fingerprint density at radius 3 is 2.22 bits per heavy atom. The molecule has 1 heterocycles. The lowest BCUT2D eigenvalue weighted by Gasteiger charge is -2.39. The number of carbonyl (C=O) groups is 2. The lowest BCUT2D eigenvalue weighted by atomic mass is 9.85. The van der Waals surface area contributed by atoms with Crippen LogP contribution in [-0.4, -0.2) is 47.7 Å². The van der Waals surface area contributed by atoms with Crippen LogP contribution < -0.4 is 9.64 Å². The number of benzene rings is 2. The summed E-state index contributed by atoms with van der Waals surface area (Å²) in [5, 5.41) is 0.0512. The molecular weight excluding hydrogens is 547 g/mol. The van der Waals surface area contributed by atoms with Crippen molar-refractivity contribution in [3.05, 3.63) is 66.2 Å². The summed E-state index contributed by atoms with van der Waals surface area (Å²) in [7, 11) is -3.82. The lowest BCUT2D eigenvalue weighted by Crippen LogP contribution is -2.44. The third-order valence-corrected chi connectivity index (χ3v) is 12.9. The second-order valence-corrected chi connectivity index (χ2v) is 22.6. The largest absolute Gasteiger partial charge is 0.466 e. The van der Waals surface area contributed by atoms with Gasteiger partial charge in [0.2, 0.25) is 0 Å². The van der Waals surface area contributed by atoms with Gasteiger partial charge in [-0.05, 0) is 54.4 Å². The summed E-state index contributed by atoms with van der Waals surface area (Å²) < 4.78 is 17.9. The Labute approximate surface area is 248 Å². The molecule has 1 aliphatic heterocycles. The minimum Gasteiger partial charge on any atom is -0.466 e. The highest BCUT2D eigenvalue weighted by Crippen LogP contribution is 2.42. The van der Waals surface area contributed by atoms with Crippen LogP contribution in [0.25, 0.3) is 5.57 Å². The van der Waals surface area contributed by atoms with Gasteiger partial charge in [-0.2, -0.15) is 0 Å². The molecular formula is C33H45NO5Si2.